The van der Waals surface area contributed by atoms with E-state index in [0.717, 1.165) is 15.9 Å². The monoisotopic (exact) mass is 371 g/mol. The van der Waals surface area contributed by atoms with E-state index in [9.17, 15) is 9.59 Å². The summed E-state index contributed by atoms with van der Waals surface area (Å²) >= 11 is 2.84. The third-order valence-electron chi connectivity index (χ3n) is 4.60. The number of fused-ring (bicyclic) bond motifs is 1. The fourth-order valence-corrected chi connectivity index (χ4v) is 4.90. The first-order chi connectivity index (χ1) is 12.1. The van der Waals surface area contributed by atoms with Gasteiger partial charge in [-0.05, 0) is 31.9 Å². The highest BCUT2D eigenvalue weighted by atomic mass is 32.1. The Bertz CT molecular complexity index is 906. The Balaban J connectivity index is 1.43. The lowest BCUT2D eigenvalue weighted by Crippen LogP contribution is -2.40. The second-order valence-corrected chi connectivity index (χ2v) is 8.07. The molecule has 4 rings (SSSR count). The summed E-state index contributed by atoms with van der Waals surface area (Å²) in [4.78, 5) is 36.5. The topological polar surface area (TPSA) is 63.2 Å². The van der Waals surface area contributed by atoms with E-state index in [-0.39, 0.29) is 17.6 Å². The first-order valence-electron chi connectivity index (χ1n) is 8.22. The number of benzene rings is 1. The van der Waals surface area contributed by atoms with Crippen molar-refractivity contribution in [2.45, 2.75) is 19.8 Å². The van der Waals surface area contributed by atoms with Crippen molar-refractivity contribution in [3.8, 4) is 0 Å². The number of nitrogens with zero attached hydrogens (tertiary/aromatic N) is 3. The normalized spacial score (nSPS) is 15.6. The lowest BCUT2D eigenvalue weighted by atomic mass is 9.92. The van der Waals surface area contributed by atoms with E-state index in [2.05, 4.69) is 9.97 Å². The number of likely N-dealkylation sites (tertiary alicyclic amines) is 1. The Kier molecular flexibility index (Phi) is 4.35. The quantitative estimate of drug-likeness (QED) is 0.657. The first-order valence-corrected chi connectivity index (χ1v) is 9.92. The summed E-state index contributed by atoms with van der Waals surface area (Å²) in [5.74, 6) is 0.0975. The molecule has 1 aliphatic rings. The maximum absolute atomic E-state index is 12.8. The molecule has 1 saturated heterocycles. The third kappa shape index (κ3) is 3.09. The smallest absolute Gasteiger partial charge is 0.265 e. The number of hydrogen-bond acceptors (Lipinski definition) is 6. The molecule has 1 amide bonds. The van der Waals surface area contributed by atoms with Crippen LogP contribution in [-0.2, 0) is 0 Å². The number of carbonyl (C=O) groups excluding carboxylic acids is 2. The van der Waals surface area contributed by atoms with Crippen LogP contribution in [0.25, 0.3) is 10.2 Å². The van der Waals surface area contributed by atoms with Gasteiger partial charge in [0.1, 0.15) is 4.88 Å². The standard InChI is InChI=1S/C18H17N3O2S2/c1-11-16(24-10-19-11)18(23)21-8-6-12(7-9-21)15(22)17-20-13-4-2-3-5-14(13)25-17/h2-5,10,12H,6-9H2,1H3. The number of thiazole rings is 2. The van der Waals surface area contributed by atoms with Crippen LogP contribution in [0.5, 0.6) is 0 Å². The van der Waals surface area contributed by atoms with Crippen LogP contribution in [0.1, 0.15) is 38.0 Å². The molecule has 1 aromatic carbocycles. The van der Waals surface area contributed by atoms with Crippen LogP contribution in [0.15, 0.2) is 29.8 Å². The van der Waals surface area contributed by atoms with Crippen LogP contribution in [0.4, 0.5) is 0 Å². The Labute approximate surface area is 153 Å². The van der Waals surface area contributed by atoms with Crippen molar-refractivity contribution in [2.75, 3.05) is 13.1 Å². The molecule has 25 heavy (non-hydrogen) atoms. The fraction of sp³-hybridized carbons (Fsp3) is 0.333. The minimum Gasteiger partial charge on any atom is -0.338 e. The predicted octanol–water partition coefficient (Wildman–Crippen LogP) is 3.80. The Morgan fingerprint density at radius 3 is 2.64 bits per heavy atom. The van der Waals surface area contributed by atoms with Crippen LogP contribution in [0.2, 0.25) is 0 Å². The number of amides is 1. The van der Waals surface area contributed by atoms with Gasteiger partial charge in [-0.25, -0.2) is 9.97 Å². The molecular weight excluding hydrogens is 354 g/mol. The third-order valence-corrected chi connectivity index (χ3v) is 6.56. The summed E-state index contributed by atoms with van der Waals surface area (Å²) in [6, 6.07) is 7.81. The fourth-order valence-electron chi connectivity index (χ4n) is 3.15. The van der Waals surface area contributed by atoms with Gasteiger partial charge in [0.2, 0.25) is 0 Å². The zero-order valence-electron chi connectivity index (χ0n) is 13.8. The predicted molar refractivity (Wildman–Crippen MR) is 99.4 cm³/mol. The summed E-state index contributed by atoms with van der Waals surface area (Å²) in [6.45, 7) is 3.07. The van der Waals surface area contributed by atoms with Crippen LogP contribution in [0.3, 0.4) is 0 Å². The second kappa shape index (κ2) is 6.65. The first kappa shape index (κ1) is 16.4. The summed E-state index contributed by atoms with van der Waals surface area (Å²) in [6.07, 6.45) is 1.39. The van der Waals surface area contributed by atoms with Crippen molar-refractivity contribution in [3.05, 3.63) is 45.4 Å². The summed E-state index contributed by atoms with van der Waals surface area (Å²) in [5.41, 5.74) is 3.36. The van der Waals surface area contributed by atoms with Gasteiger partial charge in [-0.2, -0.15) is 0 Å². The number of aromatic nitrogens is 2. The molecule has 5 nitrogen and oxygen atoms in total. The molecule has 2 aromatic heterocycles. The van der Waals surface area contributed by atoms with Crippen LogP contribution < -0.4 is 0 Å². The number of aryl methyl sites for hydroxylation is 1. The van der Waals surface area contributed by atoms with Crippen LogP contribution in [-0.4, -0.2) is 39.6 Å². The van der Waals surface area contributed by atoms with Crippen molar-refractivity contribution in [2.24, 2.45) is 5.92 Å². The zero-order chi connectivity index (χ0) is 17.4. The van der Waals surface area contributed by atoms with Crippen LogP contribution >= 0.6 is 22.7 Å². The number of para-hydroxylation sites is 1. The molecule has 0 spiro atoms. The Hall–Kier alpha value is -2.12. The molecule has 0 saturated carbocycles. The van der Waals surface area contributed by atoms with Gasteiger partial charge >= 0.3 is 0 Å². The highest BCUT2D eigenvalue weighted by Gasteiger charge is 2.30. The van der Waals surface area contributed by atoms with Gasteiger partial charge in [-0.3, -0.25) is 9.59 Å². The Morgan fingerprint density at radius 1 is 1.20 bits per heavy atom. The molecule has 0 radical (unpaired) electrons. The van der Waals surface area contributed by atoms with E-state index in [0.29, 0.717) is 35.8 Å². The zero-order valence-corrected chi connectivity index (χ0v) is 15.4. The van der Waals surface area contributed by atoms with Crippen molar-refractivity contribution in [1.29, 1.82) is 0 Å². The van der Waals surface area contributed by atoms with Crippen molar-refractivity contribution in [1.82, 2.24) is 14.9 Å². The molecule has 0 atom stereocenters. The molecule has 128 valence electrons. The minimum atomic E-state index is -0.0489. The molecule has 1 fully saturated rings. The number of Topliss-reactive ketones (excluding diaryl/α,β-unsaturated/α-hetero) is 1. The van der Waals surface area contributed by atoms with E-state index in [1.165, 1.54) is 22.7 Å². The molecule has 3 aromatic rings. The molecular formula is C18H17N3O2S2. The molecule has 0 aliphatic carbocycles. The van der Waals surface area contributed by atoms with Gasteiger partial charge in [0.05, 0.1) is 21.4 Å². The van der Waals surface area contributed by atoms with E-state index in [4.69, 9.17) is 0 Å². The van der Waals surface area contributed by atoms with Gasteiger partial charge < -0.3 is 4.90 Å². The lowest BCUT2D eigenvalue weighted by molar-refractivity contribution is 0.0653. The van der Waals surface area contributed by atoms with E-state index in [1.54, 1.807) is 5.51 Å². The van der Waals surface area contributed by atoms with Crippen molar-refractivity contribution < 1.29 is 9.59 Å². The average molecular weight is 371 g/mol. The molecule has 0 N–H and O–H groups in total. The number of piperidine rings is 1. The van der Waals surface area contributed by atoms with Gasteiger partial charge in [0, 0.05) is 19.0 Å². The molecule has 1 aliphatic heterocycles. The molecule has 7 heteroatoms. The van der Waals surface area contributed by atoms with Gasteiger partial charge in [0.15, 0.2) is 10.8 Å². The van der Waals surface area contributed by atoms with Gasteiger partial charge in [-0.15, -0.1) is 22.7 Å². The average Bonchev–Trinajstić information content (AvgIpc) is 3.26. The van der Waals surface area contributed by atoms with E-state index >= 15 is 0 Å². The Morgan fingerprint density at radius 2 is 1.96 bits per heavy atom. The van der Waals surface area contributed by atoms with Gasteiger partial charge in [-0.1, -0.05) is 12.1 Å². The maximum atomic E-state index is 12.8. The SMILES string of the molecule is Cc1ncsc1C(=O)N1CCC(C(=O)c2nc3ccccc3s2)CC1. The van der Waals surface area contributed by atoms with E-state index < -0.39 is 0 Å². The lowest BCUT2D eigenvalue weighted by Gasteiger charge is -2.30. The largest absolute Gasteiger partial charge is 0.338 e. The summed E-state index contributed by atoms with van der Waals surface area (Å²) < 4.78 is 1.04. The second-order valence-electron chi connectivity index (χ2n) is 6.18. The van der Waals surface area contributed by atoms with Gasteiger partial charge in [0.25, 0.3) is 5.91 Å². The maximum Gasteiger partial charge on any atom is 0.265 e. The highest BCUT2D eigenvalue weighted by Crippen LogP contribution is 2.28. The van der Waals surface area contributed by atoms with E-state index in [1.807, 2.05) is 36.1 Å². The van der Waals surface area contributed by atoms with Crippen LogP contribution in [0, 0.1) is 12.8 Å². The highest BCUT2D eigenvalue weighted by molar-refractivity contribution is 7.20. The van der Waals surface area contributed by atoms with Crippen molar-refractivity contribution in [3.63, 3.8) is 0 Å². The number of rotatable bonds is 3. The molecule has 0 bridgehead atoms. The number of ketones is 1. The van der Waals surface area contributed by atoms with Crippen molar-refractivity contribution >= 4 is 44.6 Å². The molecule has 3 heterocycles. The molecule has 0 unspecified atom stereocenters. The summed E-state index contributed by atoms with van der Waals surface area (Å²) in [7, 11) is 0. The number of carbonyl (C=O) groups is 2. The minimum absolute atomic E-state index is 0.0332. The summed E-state index contributed by atoms with van der Waals surface area (Å²) in [5, 5.41) is 0.587. The number of hydrogen-bond donors (Lipinski definition) is 0.